The molecule has 0 spiro atoms. The summed E-state index contributed by atoms with van der Waals surface area (Å²) in [5.74, 6) is 0. The molecule has 0 aliphatic carbocycles. The van der Waals surface area contributed by atoms with Gasteiger partial charge in [-0.15, -0.1) is 0 Å². The molecule has 88 valence electrons. The SMILES string of the molecule is O=S(=O)(Nc1ccc(Cl)cc1)c1ccccn1. The molecule has 0 radical (unpaired) electrons. The Bertz CT molecular complexity index is 597. The van der Waals surface area contributed by atoms with Crippen LogP contribution in [0.4, 0.5) is 5.69 Å². The molecule has 0 saturated carbocycles. The molecule has 1 N–H and O–H groups in total. The molecular weight excluding hydrogens is 260 g/mol. The third-order valence-corrected chi connectivity index (χ3v) is 3.56. The predicted octanol–water partition coefficient (Wildman–Crippen LogP) is 2.54. The summed E-state index contributed by atoms with van der Waals surface area (Å²) in [6, 6.07) is 11.1. The lowest BCUT2D eigenvalue weighted by molar-refractivity contribution is 0.597. The van der Waals surface area contributed by atoms with Gasteiger partial charge < -0.3 is 0 Å². The van der Waals surface area contributed by atoms with E-state index in [1.54, 1.807) is 36.4 Å². The molecule has 0 atom stereocenters. The van der Waals surface area contributed by atoms with Gasteiger partial charge in [0.05, 0.1) is 0 Å². The monoisotopic (exact) mass is 268 g/mol. The maximum atomic E-state index is 11.9. The Morgan fingerprint density at radius 1 is 1.06 bits per heavy atom. The van der Waals surface area contributed by atoms with Crippen molar-refractivity contribution in [1.82, 2.24) is 4.98 Å². The summed E-state index contributed by atoms with van der Waals surface area (Å²) >= 11 is 5.71. The van der Waals surface area contributed by atoms with E-state index in [1.807, 2.05) is 0 Å². The van der Waals surface area contributed by atoms with Gasteiger partial charge >= 0.3 is 0 Å². The highest BCUT2D eigenvalue weighted by Crippen LogP contribution is 2.16. The molecule has 0 fully saturated rings. The van der Waals surface area contributed by atoms with E-state index in [1.165, 1.54) is 12.3 Å². The fourth-order valence-corrected chi connectivity index (χ4v) is 2.37. The highest BCUT2D eigenvalue weighted by Gasteiger charge is 2.14. The molecule has 1 heterocycles. The molecular formula is C11H9ClN2O2S. The molecule has 17 heavy (non-hydrogen) atoms. The summed E-state index contributed by atoms with van der Waals surface area (Å²) in [6.07, 6.45) is 1.43. The van der Waals surface area contributed by atoms with Crippen LogP contribution in [0.5, 0.6) is 0 Å². The first-order chi connectivity index (χ1) is 8.08. The van der Waals surface area contributed by atoms with Crippen LogP contribution in [0.3, 0.4) is 0 Å². The maximum absolute atomic E-state index is 11.9. The number of sulfonamides is 1. The van der Waals surface area contributed by atoms with Gasteiger partial charge in [-0.05, 0) is 36.4 Å². The molecule has 4 nitrogen and oxygen atoms in total. The smallest absolute Gasteiger partial charge is 0.278 e. The first-order valence-electron chi connectivity index (χ1n) is 4.77. The van der Waals surface area contributed by atoms with Gasteiger partial charge in [-0.25, -0.2) is 4.98 Å². The zero-order valence-electron chi connectivity index (χ0n) is 8.67. The van der Waals surface area contributed by atoms with Crippen molar-refractivity contribution in [2.45, 2.75) is 5.03 Å². The van der Waals surface area contributed by atoms with E-state index in [-0.39, 0.29) is 5.03 Å². The van der Waals surface area contributed by atoms with Gasteiger partial charge in [0.15, 0.2) is 5.03 Å². The van der Waals surface area contributed by atoms with Crippen LogP contribution in [-0.2, 0) is 10.0 Å². The minimum absolute atomic E-state index is 0.0186. The number of hydrogen-bond donors (Lipinski definition) is 1. The van der Waals surface area contributed by atoms with Gasteiger partial charge in [0.2, 0.25) is 0 Å². The van der Waals surface area contributed by atoms with E-state index < -0.39 is 10.0 Å². The predicted molar refractivity (Wildman–Crippen MR) is 66.5 cm³/mol. The second-order valence-electron chi connectivity index (χ2n) is 3.28. The van der Waals surface area contributed by atoms with E-state index in [4.69, 9.17) is 11.6 Å². The first-order valence-corrected chi connectivity index (χ1v) is 6.63. The lowest BCUT2D eigenvalue weighted by Gasteiger charge is -2.06. The van der Waals surface area contributed by atoms with Crippen LogP contribution in [0.25, 0.3) is 0 Å². The summed E-state index contributed by atoms with van der Waals surface area (Å²) in [5.41, 5.74) is 0.444. The Labute approximate surface area is 104 Å². The van der Waals surface area contributed by atoms with Crippen LogP contribution in [0, 0.1) is 0 Å². The van der Waals surface area contributed by atoms with E-state index in [0.717, 1.165) is 0 Å². The summed E-state index contributed by atoms with van der Waals surface area (Å²) in [7, 11) is -3.63. The molecule has 0 amide bonds. The average molecular weight is 269 g/mol. The average Bonchev–Trinajstić information content (AvgIpc) is 2.33. The Kier molecular flexibility index (Phi) is 3.31. The van der Waals surface area contributed by atoms with Crippen molar-refractivity contribution < 1.29 is 8.42 Å². The van der Waals surface area contributed by atoms with Crippen molar-refractivity contribution in [3.05, 3.63) is 53.7 Å². The molecule has 1 aromatic carbocycles. The van der Waals surface area contributed by atoms with Gasteiger partial charge in [0, 0.05) is 16.9 Å². The van der Waals surface area contributed by atoms with Crippen LogP contribution in [0.2, 0.25) is 5.02 Å². The molecule has 2 aromatic rings. The third-order valence-electron chi connectivity index (χ3n) is 2.01. The normalized spacial score (nSPS) is 11.1. The standard InChI is InChI=1S/C11H9ClN2O2S/c12-9-4-6-10(7-5-9)14-17(15,16)11-3-1-2-8-13-11/h1-8,14H. The highest BCUT2D eigenvalue weighted by atomic mass is 35.5. The van der Waals surface area contributed by atoms with Gasteiger partial charge in [-0.3, -0.25) is 4.72 Å². The zero-order chi connectivity index (χ0) is 12.3. The van der Waals surface area contributed by atoms with Crippen molar-refractivity contribution in [3.8, 4) is 0 Å². The number of benzene rings is 1. The van der Waals surface area contributed by atoms with Gasteiger partial charge in [0.25, 0.3) is 10.0 Å². The van der Waals surface area contributed by atoms with Crippen molar-refractivity contribution in [1.29, 1.82) is 0 Å². The molecule has 2 rings (SSSR count). The number of rotatable bonds is 3. The summed E-state index contributed by atoms with van der Waals surface area (Å²) < 4.78 is 26.2. The van der Waals surface area contributed by atoms with Crippen LogP contribution in [-0.4, -0.2) is 13.4 Å². The Hall–Kier alpha value is -1.59. The van der Waals surface area contributed by atoms with Crippen molar-refractivity contribution >= 4 is 27.3 Å². The zero-order valence-corrected chi connectivity index (χ0v) is 10.2. The topological polar surface area (TPSA) is 59.1 Å². The number of halogens is 1. The van der Waals surface area contributed by atoms with Crippen LogP contribution >= 0.6 is 11.6 Å². The van der Waals surface area contributed by atoms with E-state index in [0.29, 0.717) is 10.7 Å². The van der Waals surface area contributed by atoms with E-state index in [2.05, 4.69) is 9.71 Å². The Morgan fingerprint density at radius 3 is 2.35 bits per heavy atom. The maximum Gasteiger partial charge on any atom is 0.279 e. The minimum Gasteiger partial charge on any atom is -0.278 e. The molecule has 0 aliphatic heterocycles. The highest BCUT2D eigenvalue weighted by molar-refractivity contribution is 7.92. The van der Waals surface area contributed by atoms with Crippen LogP contribution < -0.4 is 4.72 Å². The second kappa shape index (κ2) is 4.73. The summed E-state index contributed by atoms with van der Waals surface area (Å²) in [5, 5.41) is 0.528. The quantitative estimate of drug-likeness (QED) is 0.931. The number of anilines is 1. The van der Waals surface area contributed by atoms with Crippen molar-refractivity contribution in [2.24, 2.45) is 0 Å². The molecule has 0 saturated heterocycles. The summed E-state index contributed by atoms with van der Waals surface area (Å²) in [6.45, 7) is 0. The van der Waals surface area contributed by atoms with Gasteiger partial charge in [-0.1, -0.05) is 17.7 Å². The van der Waals surface area contributed by atoms with Crippen molar-refractivity contribution in [3.63, 3.8) is 0 Å². The molecule has 0 unspecified atom stereocenters. The molecule has 6 heteroatoms. The van der Waals surface area contributed by atoms with Gasteiger partial charge in [0.1, 0.15) is 0 Å². The Balaban J connectivity index is 2.27. The molecule has 1 aromatic heterocycles. The molecule has 0 bridgehead atoms. The lowest BCUT2D eigenvalue weighted by atomic mass is 10.3. The number of nitrogens with one attached hydrogen (secondary N) is 1. The fraction of sp³-hybridized carbons (Fsp3) is 0. The third kappa shape index (κ3) is 2.95. The first kappa shape index (κ1) is 11.9. The number of pyridine rings is 1. The lowest BCUT2D eigenvalue weighted by Crippen LogP contribution is -2.14. The van der Waals surface area contributed by atoms with E-state index >= 15 is 0 Å². The minimum atomic E-state index is -3.63. The Morgan fingerprint density at radius 2 is 1.76 bits per heavy atom. The van der Waals surface area contributed by atoms with E-state index in [9.17, 15) is 8.42 Å². The largest absolute Gasteiger partial charge is 0.279 e. The summed E-state index contributed by atoms with van der Waals surface area (Å²) in [4.78, 5) is 3.79. The van der Waals surface area contributed by atoms with Gasteiger partial charge in [-0.2, -0.15) is 8.42 Å². The number of nitrogens with zero attached hydrogens (tertiary/aromatic N) is 1. The van der Waals surface area contributed by atoms with Crippen LogP contribution in [0.15, 0.2) is 53.7 Å². The fourth-order valence-electron chi connectivity index (χ4n) is 1.23. The van der Waals surface area contributed by atoms with Crippen LogP contribution in [0.1, 0.15) is 0 Å². The molecule has 0 aliphatic rings. The second-order valence-corrected chi connectivity index (χ2v) is 5.35. The number of aromatic nitrogens is 1. The van der Waals surface area contributed by atoms with Crippen molar-refractivity contribution in [2.75, 3.05) is 4.72 Å². The number of hydrogen-bond acceptors (Lipinski definition) is 3.